The molecule has 0 saturated carbocycles. The molecule has 144 valence electrons. The van der Waals surface area contributed by atoms with Crippen LogP contribution in [0.5, 0.6) is 0 Å². The molecule has 2 aromatic rings. The standard InChI is InChI=1S/C19H22N2O5S/c1-13-10-14(2)12-15(11-13)18(19(23)24)21-17(22)8-9-20-27(25,26)16-6-4-3-5-7-16/h3-7,10-12,18,20H,8-9H2,1-2H3,(H,21,22)(H,23,24). The minimum Gasteiger partial charge on any atom is -0.479 e. The smallest absolute Gasteiger partial charge is 0.330 e. The molecule has 0 heterocycles. The van der Waals surface area contributed by atoms with Crippen molar-refractivity contribution in [3.8, 4) is 0 Å². The van der Waals surface area contributed by atoms with E-state index in [0.29, 0.717) is 5.56 Å². The van der Waals surface area contributed by atoms with Crippen LogP contribution in [-0.4, -0.2) is 31.9 Å². The largest absolute Gasteiger partial charge is 0.479 e. The van der Waals surface area contributed by atoms with Crippen LogP contribution in [0.4, 0.5) is 0 Å². The Hall–Kier alpha value is -2.71. The number of amides is 1. The van der Waals surface area contributed by atoms with E-state index in [-0.39, 0.29) is 17.9 Å². The Balaban J connectivity index is 1.98. The van der Waals surface area contributed by atoms with Gasteiger partial charge in [-0.1, -0.05) is 47.5 Å². The Kier molecular flexibility index (Phi) is 6.70. The van der Waals surface area contributed by atoms with Crippen molar-refractivity contribution in [2.75, 3.05) is 6.54 Å². The Bertz CT molecular complexity index is 906. The first-order valence-corrected chi connectivity index (χ1v) is 9.82. The summed E-state index contributed by atoms with van der Waals surface area (Å²) in [5, 5.41) is 11.9. The van der Waals surface area contributed by atoms with Crippen LogP contribution >= 0.6 is 0 Å². The summed E-state index contributed by atoms with van der Waals surface area (Å²) in [6.45, 7) is 3.55. The summed E-state index contributed by atoms with van der Waals surface area (Å²) in [6.07, 6.45) is -0.180. The van der Waals surface area contributed by atoms with Gasteiger partial charge in [0.15, 0.2) is 6.04 Å². The van der Waals surface area contributed by atoms with Gasteiger partial charge in [-0.05, 0) is 31.5 Å². The van der Waals surface area contributed by atoms with Crippen molar-refractivity contribution in [1.82, 2.24) is 10.0 Å². The number of hydrogen-bond donors (Lipinski definition) is 3. The number of carbonyl (C=O) groups is 2. The molecule has 1 unspecified atom stereocenters. The molecule has 0 aliphatic rings. The van der Waals surface area contributed by atoms with E-state index in [1.54, 1.807) is 30.3 Å². The molecule has 1 atom stereocenters. The Labute approximate surface area is 158 Å². The molecule has 0 aliphatic heterocycles. The van der Waals surface area contributed by atoms with Crippen LogP contribution < -0.4 is 10.0 Å². The van der Waals surface area contributed by atoms with Crippen LogP contribution in [0, 0.1) is 13.8 Å². The molecule has 27 heavy (non-hydrogen) atoms. The molecule has 0 aromatic heterocycles. The lowest BCUT2D eigenvalue weighted by Crippen LogP contribution is -2.36. The fourth-order valence-corrected chi connectivity index (χ4v) is 3.73. The maximum absolute atomic E-state index is 12.1. The number of hydrogen-bond acceptors (Lipinski definition) is 4. The molecular formula is C19H22N2O5S. The molecule has 0 saturated heterocycles. The third-order valence-electron chi connectivity index (χ3n) is 3.83. The van der Waals surface area contributed by atoms with Crippen LogP contribution in [0.15, 0.2) is 53.4 Å². The first-order valence-electron chi connectivity index (χ1n) is 8.34. The van der Waals surface area contributed by atoms with Gasteiger partial charge in [0, 0.05) is 13.0 Å². The molecule has 3 N–H and O–H groups in total. The van der Waals surface area contributed by atoms with Crippen molar-refractivity contribution in [2.24, 2.45) is 0 Å². The number of carbonyl (C=O) groups excluding carboxylic acids is 1. The lowest BCUT2D eigenvalue weighted by molar-refractivity contribution is -0.142. The van der Waals surface area contributed by atoms with E-state index in [1.165, 1.54) is 12.1 Å². The molecule has 0 spiro atoms. The third-order valence-corrected chi connectivity index (χ3v) is 5.30. The summed E-state index contributed by atoms with van der Waals surface area (Å²) in [4.78, 5) is 23.8. The molecular weight excluding hydrogens is 368 g/mol. The lowest BCUT2D eigenvalue weighted by atomic mass is 10.0. The zero-order valence-corrected chi connectivity index (χ0v) is 15.9. The van der Waals surface area contributed by atoms with Gasteiger partial charge in [-0.3, -0.25) is 4.79 Å². The fourth-order valence-electron chi connectivity index (χ4n) is 2.68. The summed E-state index contributed by atoms with van der Waals surface area (Å²) in [6, 6.07) is 11.9. The van der Waals surface area contributed by atoms with E-state index < -0.39 is 27.9 Å². The van der Waals surface area contributed by atoms with Crippen molar-refractivity contribution in [1.29, 1.82) is 0 Å². The minimum absolute atomic E-state index is 0.101. The van der Waals surface area contributed by atoms with Crippen LogP contribution in [0.3, 0.4) is 0 Å². The highest BCUT2D eigenvalue weighted by Gasteiger charge is 2.23. The molecule has 7 nitrogen and oxygen atoms in total. The van der Waals surface area contributed by atoms with E-state index in [1.807, 2.05) is 19.9 Å². The summed E-state index contributed by atoms with van der Waals surface area (Å²) >= 11 is 0. The van der Waals surface area contributed by atoms with Gasteiger partial charge in [0.2, 0.25) is 15.9 Å². The van der Waals surface area contributed by atoms with Gasteiger partial charge in [0.05, 0.1) is 4.90 Å². The predicted molar refractivity (Wildman–Crippen MR) is 101 cm³/mol. The quantitative estimate of drug-likeness (QED) is 0.637. The van der Waals surface area contributed by atoms with Crippen LogP contribution in [0.25, 0.3) is 0 Å². The molecule has 1 amide bonds. The summed E-state index contributed by atoms with van der Waals surface area (Å²) in [7, 11) is -3.71. The second kappa shape index (κ2) is 8.79. The first kappa shape index (κ1) is 20.6. The second-order valence-corrected chi connectivity index (χ2v) is 7.99. The van der Waals surface area contributed by atoms with Gasteiger partial charge in [-0.25, -0.2) is 17.9 Å². The second-order valence-electron chi connectivity index (χ2n) is 6.22. The van der Waals surface area contributed by atoms with Crippen LogP contribution in [-0.2, 0) is 19.6 Å². The predicted octanol–water partition coefficient (Wildman–Crippen LogP) is 1.91. The van der Waals surface area contributed by atoms with E-state index in [9.17, 15) is 23.1 Å². The van der Waals surface area contributed by atoms with E-state index in [4.69, 9.17) is 0 Å². The highest BCUT2D eigenvalue weighted by Crippen LogP contribution is 2.17. The number of sulfonamides is 1. The number of carboxylic acids is 1. The normalized spacial score (nSPS) is 12.4. The zero-order valence-electron chi connectivity index (χ0n) is 15.1. The number of rotatable bonds is 8. The molecule has 0 radical (unpaired) electrons. The van der Waals surface area contributed by atoms with Gasteiger partial charge in [0.25, 0.3) is 0 Å². The highest BCUT2D eigenvalue weighted by atomic mass is 32.2. The number of benzene rings is 2. The minimum atomic E-state index is -3.71. The van der Waals surface area contributed by atoms with E-state index in [0.717, 1.165) is 11.1 Å². The summed E-state index contributed by atoms with van der Waals surface area (Å²) in [5.74, 6) is -1.74. The Morgan fingerprint density at radius 1 is 1.04 bits per heavy atom. The van der Waals surface area contributed by atoms with Gasteiger partial charge >= 0.3 is 5.97 Å². The van der Waals surface area contributed by atoms with Gasteiger partial charge in [-0.2, -0.15) is 0 Å². The summed E-state index contributed by atoms with van der Waals surface area (Å²) in [5.41, 5.74) is 2.25. The molecule has 8 heteroatoms. The van der Waals surface area contributed by atoms with E-state index >= 15 is 0 Å². The van der Waals surface area contributed by atoms with Crippen molar-refractivity contribution in [2.45, 2.75) is 31.2 Å². The van der Waals surface area contributed by atoms with Gasteiger partial charge in [-0.15, -0.1) is 0 Å². The third kappa shape index (κ3) is 5.90. The SMILES string of the molecule is Cc1cc(C)cc(C(NC(=O)CCNS(=O)(=O)c2ccccc2)C(=O)O)c1. The van der Waals surface area contributed by atoms with Crippen LogP contribution in [0.2, 0.25) is 0 Å². The number of aryl methyl sites for hydroxylation is 2. The highest BCUT2D eigenvalue weighted by molar-refractivity contribution is 7.89. The zero-order chi connectivity index (χ0) is 20.0. The first-order chi connectivity index (χ1) is 12.7. The maximum Gasteiger partial charge on any atom is 0.330 e. The molecule has 0 fully saturated rings. The number of nitrogens with one attached hydrogen (secondary N) is 2. The topological polar surface area (TPSA) is 113 Å². The van der Waals surface area contributed by atoms with Crippen molar-refractivity contribution >= 4 is 21.9 Å². The van der Waals surface area contributed by atoms with Crippen LogP contribution in [0.1, 0.15) is 29.2 Å². The maximum atomic E-state index is 12.1. The summed E-state index contributed by atoms with van der Waals surface area (Å²) < 4.78 is 26.5. The number of carboxylic acid groups (broad SMARTS) is 1. The molecule has 2 rings (SSSR count). The Morgan fingerprint density at radius 3 is 2.19 bits per heavy atom. The average Bonchev–Trinajstić information content (AvgIpc) is 2.59. The lowest BCUT2D eigenvalue weighted by Gasteiger charge is -2.16. The van der Waals surface area contributed by atoms with Crippen molar-refractivity contribution < 1.29 is 23.1 Å². The molecule has 0 aliphatic carbocycles. The fraction of sp³-hybridized carbons (Fsp3) is 0.263. The van der Waals surface area contributed by atoms with Crippen molar-refractivity contribution in [3.05, 3.63) is 65.2 Å². The molecule has 2 aromatic carbocycles. The number of aliphatic carboxylic acids is 1. The monoisotopic (exact) mass is 390 g/mol. The van der Waals surface area contributed by atoms with Gasteiger partial charge in [0.1, 0.15) is 0 Å². The van der Waals surface area contributed by atoms with Crippen molar-refractivity contribution in [3.63, 3.8) is 0 Å². The Morgan fingerprint density at radius 2 is 1.63 bits per heavy atom. The van der Waals surface area contributed by atoms with Gasteiger partial charge < -0.3 is 10.4 Å². The average molecular weight is 390 g/mol. The van der Waals surface area contributed by atoms with E-state index in [2.05, 4.69) is 10.0 Å². The molecule has 0 bridgehead atoms.